The molecule has 1 heterocycles. The molecule has 2 rings (SSSR count). The standard InChI is InChI=1S/C14H18N2O3S2/c1-3-19-12-7-5-4-6-11(12)16-21(17,18)14-8-9-20-13(14)10-15-2/h4-9,15-16H,3,10H2,1-2H3. The average Bonchev–Trinajstić information content (AvgIpc) is 2.91. The van der Waals surface area contributed by atoms with Crippen LogP contribution in [-0.4, -0.2) is 22.1 Å². The second kappa shape index (κ2) is 6.93. The first-order valence-electron chi connectivity index (χ1n) is 6.54. The minimum absolute atomic E-state index is 0.299. The molecule has 7 heteroatoms. The van der Waals surface area contributed by atoms with Crippen LogP contribution >= 0.6 is 11.3 Å². The van der Waals surface area contributed by atoms with E-state index < -0.39 is 10.0 Å². The first-order chi connectivity index (χ1) is 10.1. The molecule has 2 N–H and O–H groups in total. The van der Waals surface area contributed by atoms with E-state index >= 15 is 0 Å². The normalized spacial score (nSPS) is 11.3. The van der Waals surface area contributed by atoms with Crippen molar-refractivity contribution >= 4 is 27.0 Å². The summed E-state index contributed by atoms with van der Waals surface area (Å²) in [4.78, 5) is 1.08. The van der Waals surface area contributed by atoms with Crippen LogP contribution in [0.2, 0.25) is 0 Å². The smallest absolute Gasteiger partial charge is 0.263 e. The van der Waals surface area contributed by atoms with E-state index in [1.807, 2.05) is 6.92 Å². The van der Waals surface area contributed by atoms with E-state index in [4.69, 9.17) is 4.74 Å². The predicted molar refractivity (Wildman–Crippen MR) is 85.5 cm³/mol. The van der Waals surface area contributed by atoms with Crippen molar-refractivity contribution in [3.63, 3.8) is 0 Å². The lowest BCUT2D eigenvalue weighted by Crippen LogP contribution is -2.16. The van der Waals surface area contributed by atoms with Crippen molar-refractivity contribution in [2.24, 2.45) is 0 Å². The van der Waals surface area contributed by atoms with Crippen LogP contribution in [-0.2, 0) is 16.6 Å². The van der Waals surface area contributed by atoms with Crippen LogP contribution in [0.25, 0.3) is 0 Å². The van der Waals surface area contributed by atoms with Crippen LogP contribution in [0.15, 0.2) is 40.6 Å². The van der Waals surface area contributed by atoms with Gasteiger partial charge in [-0.1, -0.05) is 12.1 Å². The molecule has 0 saturated heterocycles. The van der Waals surface area contributed by atoms with E-state index in [0.717, 1.165) is 4.88 Å². The quantitative estimate of drug-likeness (QED) is 0.821. The number of anilines is 1. The monoisotopic (exact) mass is 326 g/mol. The van der Waals surface area contributed by atoms with Gasteiger partial charge in [0.2, 0.25) is 0 Å². The number of hydrogen-bond acceptors (Lipinski definition) is 5. The fourth-order valence-corrected chi connectivity index (χ4v) is 4.42. The van der Waals surface area contributed by atoms with Gasteiger partial charge in [0.1, 0.15) is 10.6 Å². The van der Waals surface area contributed by atoms with Gasteiger partial charge in [-0.3, -0.25) is 4.72 Å². The van der Waals surface area contributed by atoms with Crippen molar-refractivity contribution in [2.45, 2.75) is 18.4 Å². The highest BCUT2D eigenvalue weighted by Gasteiger charge is 2.20. The molecule has 0 atom stereocenters. The first-order valence-corrected chi connectivity index (χ1v) is 8.90. The third-order valence-electron chi connectivity index (χ3n) is 2.76. The van der Waals surface area contributed by atoms with Crippen LogP contribution in [0.1, 0.15) is 11.8 Å². The fraction of sp³-hybridized carbons (Fsp3) is 0.286. The third kappa shape index (κ3) is 3.75. The maximum Gasteiger partial charge on any atom is 0.263 e. The highest BCUT2D eigenvalue weighted by atomic mass is 32.2. The zero-order chi connectivity index (χ0) is 15.3. The fourth-order valence-electron chi connectivity index (χ4n) is 1.89. The SMILES string of the molecule is CCOc1ccccc1NS(=O)(=O)c1ccsc1CNC. The van der Waals surface area contributed by atoms with Crippen LogP contribution in [0.4, 0.5) is 5.69 Å². The predicted octanol–water partition coefficient (Wildman–Crippen LogP) is 2.67. The lowest BCUT2D eigenvalue weighted by atomic mass is 10.3. The van der Waals surface area contributed by atoms with Crippen molar-refractivity contribution in [2.75, 3.05) is 18.4 Å². The summed E-state index contributed by atoms with van der Waals surface area (Å²) < 4.78 is 33.1. The Bertz CT molecular complexity index is 696. The third-order valence-corrected chi connectivity index (χ3v) is 5.26. The number of sulfonamides is 1. The molecule has 1 aromatic heterocycles. The highest BCUT2D eigenvalue weighted by Crippen LogP contribution is 2.29. The van der Waals surface area contributed by atoms with Crippen molar-refractivity contribution < 1.29 is 13.2 Å². The zero-order valence-electron chi connectivity index (χ0n) is 11.9. The molecule has 0 bridgehead atoms. The van der Waals surface area contributed by atoms with Gasteiger partial charge < -0.3 is 10.1 Å². The van der Waals surface area contributed by atoms with Gasteiger partial charge in [-0.25, -0.2) is 8.42 Å². The summed E-state index contributed by atoms with van der Waals surface area (Å²) in [5, 5.41) is 4.75. The molecule has 21 heavy (non-hydrogen) atoms. The minimum atomic E-state index is -3.62. The molecule has 0 saturated carbocycles. The molecular formula is C14H18N2O3S2. The van der Waals surface area contributed by atoms with E-state index in [0.29, 0.717) is 29.5 Å². The van der Waals surface area contributed by atoms with E-state index in [9.17, 15) is 8.42 Å². The molecule has 0 radical (unpaired) electrons. The number of ether oxygens (including phenoxy) is 1. The highest BCUT2D eigenvalue weighted by molar-refractivity contribution is 7.93. The maximum atomic E-state index is 12.5. The van der Waals surface area contributed by atoms with Crippen LogP contribution in [0.5, 0.6) is 5.75 Å². The van der Waals surface area contributed by atoms with Gasteiger partial charge in [-0.2, -0.15) is 0 Å². The number of thiophene rings is 1. The Morgan fingerprint density at radius 2 is 2.00 bits per heavy atom. The molecule has 0 aliphatic rings. The van der Waals surface area contributed by atoms with E-state index in [-0.39, 0.29) is 0 Å². The van der Waals surface area contributed by atoms with Crippen molar-refractivity contribution in [1.29, 1.82) is 0 Å². The molecule has 0 fully saturated rings. The van der Waals surface area contributed by atoms with Crippen LogP contribution in [0, 0.1) is 0 Å². The van der Waals surface area contributed by atoms with Crippen molar-refractivity contribution in [3.8, 4) is 5.75 Å². The van der Waals surface area contributed by atoms with Crippen LogP contribution < -0.4 is 14.8 Å². The Labute approximate surface area is 129 Å². The molecule has 2 aromatic rings. The number of nitrogens with one attached hydrogen (secondary N) is 2. The summed E-state index contributed by atoms with van der Waals surface area (Å²) in [5.41, 5.74) is 0.445. The first kappa shape index (κ1) is 15.8. The maximum absolute atomic E-state index is 12.5. The molecule has 0 aliphatic carbocycles. The number of para-hydroxylation sites is 2. The van der Waals surface area contributed by atoms with E-state index in [1.165, 1.54) is 11.3 Å². The molecule has 0 amide bonds. The summed E-state index contributed by atoms with van der Waals surface area (Å²) >= 11 is 1.41. The lowest BCUT2D eigenvalue weighted by Gasteiger charge is -2.13. The number of hydrogen-bond donors (Lipinski definition) is 2. The molecule has 0 unspecified atom stereocenters. The van der Waals surface area contributed by atoms with Crippen molar-refractivity contribution in [3.05, 3.63) is 40.6 Å². The average molecular weight is 326 g/mol. The van der Waals surface area contributed by atoms with Gasteiger partial charge in [0.25, 0.3) is 10.0 Å². The summed E-state index contributed by atoms with van der Waals surface area (Å²) in [6.45, 7) is 2.85. The Hall–Kier alpha value is -1.57. The second-order valence-corrected chi connectivity index (χ2v) is 6.92. The van der Waals surface area contributed by atoms with Crippen LogP contribution in [0.3, 0.4) is 0 Å². The summed E-state index contributed by atoms with van der Waals surface area (Å²) in [6.07, 6.45) is 0. The molecule has 0 spiro atoms. The van der Waals surface area contributed by atoms with Gasteiger partial charge in [0.15, 0.2) is 0 Å². The Morgan fingerprint density at radius 1 is 1.24 bits per heavy atom. The minimum Gasteiger partial charge on any atom is -0.492 e. The second-order valence-electron chi connectivity index (χ2n) is 4.27. The van der Waals surface area contributed by atoms with Crippen molar-refractivity contribution in [1.82, 2.24) is 5.32 Å². The van der Waals surface area contributed by atoms with Gasteiger partial charge in [0, 0.05) is 11.4 Å². The molecular weight excluding hydrogens is 308 g/mol. The topological polar surface area (TPSA) is 67.4 Å². The summed E-state index contributed by atoms with van der Waals surface area (Å²) in [6, 6.07) is 8.61. The Balaban J connectivity index is 2.31. The summed E-state index contributed by atoms with van der Waals surface area (Å²) in [5.74, 6) is 0.522. The molecule has 0 aliphatic heterocycles. The number of benzene rings is 1. The zero-order valence-corrected chi connectivity index (χ0v) is 13.6. The Morgan fingerprint density at radius 3 is 2.71 bits per heavy atom. The van der Waals surface area contributed by atoms with Gasteiger partial charge in [0.05, 0.1) is 12.3 Å². The molecule has 114 valence electrons. The number of rotatable bonds is 7. The van der Waals surface area contributed by atoms with Gasteiger partial charge in [-0.05, 0) is 37.6 Å². The Kier molecular flexibility index (Phi) is 5.22. The molecule has 5 nitrogen and oxygen atoms in total. The molecule has 1 aromatic carbocycles. The lowest BCUT2D eigenvalue weighted by molar-refractivity contribution is 0.342. The van der Waals surface area contributed by atoms with E-state index in [2.05, 4.69) is 10.0 Å². The van der Waals surface area contributed by atoms with Gasteiger partial charge >= 0.3 is 0 Å². The largest absolute Gasteiger partial charge is 0.492 e. The van der Waals surface area contributed by atoms with E-state index in [1.54, 1.807) is 42.8 Å². The van der Waals surface area contributed by atoms with Gasteiger partial charge in [-0.15, -0.1) is 11.3 Å². The summed E-state index contributed by atoms with van der Waals surface area (Å²) in [7, 11) is -1.84.